The Kier molecular flexibility index (Phi) is 16.0. The Bertz CT molecular complexity index is 2140. The van der Waals surface area contributed by atoms with Crippen molar-refractivity contribution in [1.29, 1.82) is 0 Å². The normalized spacial score (nSPS) is 11.3. The Morgan fingerprint density at radius 1 is 0.554 bits per heavy atom. The number of rotatable bonds is 4. The van der Waals surface area contributed by atoms with Gasteiger partial charge in [-0.1, -0.05) is 131 Å². The maximum absolute atomic E-state index is 5.86. The van der Waals surface area contributed by atoms with E-state index in [0.717, 1.165) is 16.5 Å². The first-order valence-corrected chi connectivity index (χ1v) is 20.4. The van der Waals surface area contributed by atoms with E-state index in [1.54, 1.807) is 0 Å². The summed E-state index contributed by atoms with van der Waals surface area (Å²) in [6.45, 7) is 13.9. The summed E-state index contributed by atoms with van der Waals surface area (Å²) in [6, 6.07) is 58.7. The summed E-state index contributed by atoms with van der Waals surface area (Å²) in [5.41, 5.74) is 15.9. The minimum absolute atomic E-state index is 0. The van der Waals surface area contributed by atoms with Crippen LogP contribution >= 0.6 is 23.2 Å². The molecule has 0 heterocycles. The molecule has 0 amide bonds. The molecule has 0 unspecified atom stereocenters. The van der Waals surface area contributed by atoms with Gasteiger partial charge in [0, 0.05) is 0 Å². The number of benzene rings is 6. The molecule has 0 N–H and O–H groups in total. The van der Waals surface area contributed by atoms with E-state index in [-0.39, 0.29) is 35.6 Å². The average Bonchev–Trinajstić information content (AvgIpc) is 3.86. The molecule has 0 fully saturated rings. The molecule has 7 aromatic carbocycles. The number of hydrogen-bond acceptors (Lipinski definition) is 0. The largest absolute Gasteiger partial charge is 1.00 e. The van der Waals surface area contributed by atoms with Crippen LogP contribution in [0.4, 0.5) is 0 Å². The Morgan fingerprint density at radius 3 is 1.46 bits per heavy atom. The van der Waals surface area contributed by atoms with E-state index in [2.05, 4.69) is 126 Å². The zero-order valence-corrected chi connectivity index (χ0v) is 38.2. The van der Waals surface area contributed by atoms with Gasteiger partial charge >= 0.3 is 120 Å². The van der Waals surface area contributed by atoms with Crippen LogP contribution in [0.15, 0.2) is 158 Å². The molecule has 0 nitrogen and oxygen atoms in total. The summed E-state index contributed by atoms with van der Waals surface area (Å²) < 4.78 is 1.31. The van der Waals surface area contributed by atoms with Gasteiger partial charge in [-0.15, -0.1) is 28.8 Å². The Labute approximate surface area is 371 Å². The maximum Gasteiger partial charge on any atom is -0.172 e. The van der Waals surface area contributed by atoms with Crippen LogP contribution in [-0.2, 0) is 41.5 Å². The van der Waals surface area contributed by atoms with Gasteiger partial charge in [0.15, 0.2) is 0 Å². The molecule has 1 aliphatic rings. The van der Waals surface area contributed by atoms with Crippen LogP contribution in [0.5, 0.6) is 0 Å². The first-order chi connectivity index (χ1) is 25.8. The number of halogens is 4. The van der Waals surface area contributed by atoms with Crippen molar-refractivity contribution in [1.82, 2.24) is 0 Å². The van der Waals surface area contributed by atoms with Gasteiger partial charge in [-0.3, -0.25) is 0 Å². The third-order valence-corrected chi connectivity index (χ3v) is 11.6. The first-order valence-electron chi connectivity index (χ1n) is 18.4. The molecule has 7 aromatic rings. The molecule has 0 aliphatic heterocycles. The molecule has 284 valence electrons. The summed E-state index contributed by atoms with van der Waals surface area (Å²) in [7, 11) is 0. The van der Waals surface area contributed by atoms with Gasteiger partial charge in [0.05, 0.1) is 0 Å². The van der Waals surface area contributed by atoms with Gasteiger partial charge < -0.3 is 24.8 Å². The first kappa shape index (κ1) is 45.3. The van der Waals surface area contributed by atoms with Crippen molar-refractivity contribution in [3.05, 3.63) is 207 Å². The SMILES string of the molecule is CC(C)(C)c1cc2c([c-]c1-c1ccccc1)Cc1cc(-c3ccccc3)c(C(C)(C)C)cc1-2.Clc1ccc([C](=[Zr+2])c2ccc(Cl)cc2)cc1.[Cl-].[Cl-].c1cc[cH-]c1. The van der Waals surface area contributed by atoms with Crippen molar-refractivity contribution in [3.63, 3.8) is 0 Å². The predicted molar refractivity (Wildman–Crippen MR) is 230 cm³/mol. The minimum Gasteiger partial charge on any atom is -1.00 e. The van der Waals surface area contributed by atoms with Crippen LogP contribution in [0.3, 0.4) is 0 Å². The van der Waals surface area contributed by atoms with Crippen molar-refractivity contribution < 1.29 is 49.0 Å². The van der Waals surface area contributed by atoms with Gasteiger partial charge in [-0.05, 0) is 39.5 Å². The fourth-order valence-corrected chi connectivity index (χ4v) is 7.89. The van der Waals surface area contributed by atoms with Gasteiger partial charge in [0.25, 0.3) is 0 Å². The van der Waals surface area contributed by atoms with Gasteiger partial charge in [0.1, 0.15) is 0 Å². The molecule has 0 saturated carbocycles. The second kappa shape index (κ2) is 19.8. The summed E-state index contributed by atoms with van der Waals surface area (Å²) in [5, 5.41) is 1.53. The second-order valence-corrected chi connectivity index (χ2v) is 17.9. The topological polar surface area (TPSA) is 0 Å². The van der Waals surface area contributed by atoms with Gasteiger partial charge in [-0.25, -0.2) is 12.1 Å². The van der Waals surface area contributed by atoms with Crippen LogP contribution in [0, 0.1) is 6.07 Å². The summed E-state index contributed by atoms with van der Waals surface area (Å²) in [6.07, 6.45) is 0.944. The molecular formula is C51H46Cl4Zr-2. The fraction of sp³-hybridized carbons (Fsp3) is 0.176. The third-order valence-electron chi connectivity index (χ3n) is 9.64. The quantitative estimate of drug-likeness (QED) is 0.156. The third kappa shape index (κ3) is 11.2. The Morgan fingerprint density at radius 2 is 1.02 bits per heavy atom. The molecule has 0 atom stereocenters. The summed E-state index contributed by atoms with van der Waals surface area (Å²) in [4.78, 5) is 0. The molecule has 0 spiro atoms. The van der Waals surface area contributed by atoms with Crippen LogP contribution in [0.25, 0.3) is 33.4 Å². The standard InChI is InChI=1S/C33H33.C13H8Cl2.C5H5.2ClH.Zr/c1-32(2,3)30-20-26-24(18-28(30)22-13-9-7-10-14-22)17-25-19-29(23-15-11-8-12-16-23)31(21-27(25)26)33(4,5)6;14-12-5-1-10(2-6-12)9-11-3-7-13(15)8-4-11;1-2-4-5-3-1;;;/h7-16,18,20-21H,17H2,1-6H3;1-8H;1-5H;2*1H;/q-1;;-1;;;+2/p-2. The summed E-state index contributed by atoms with van der Waals surface area (Å²) >= 11 is 13.1. The van der Waals surface area contributed by atoms with Crippen molar-refractivity contribution in [2.75, 3.05) is 0 Å². The molecule has 0 radical (unpaired) electrons. The molecule has 5 heteroatoms. The van der Waals surface area contributed by atoms with Crippen molar-refractivity contribution in [2.24, 2.45) is 0 Å². The van der Waals surface area contributed by atoms with Crippen LogP contribution in [0.1, 0.15) is 74.9 Å². The van der Waals surface area contributed by atoms with E-state index in [4.69, 9.17) is 23.2 Å². The monoisotopic (exact) mass is 888 g/mol. The fourth-order valence-electron chi connectivity index (χ4n) is 6.82. The predicted octanol–water partition coefficient (Wildman–Crippen LogP) is 8.51. The Balaban J connectivity index is 0.000000252. The number of fused-ring (bicyclic) bond motifs is 3. The van der Waals surface area contributed by atoms with E-state index >= 15 is 0 Å². The molecule has 0 aromatic heterocycles. The number of hydrogen-bond donors (Lipinski definition) is 0. The molecule has 56 heavy (non-hydrogen) atoms. The van der Waals surface area contributed by atoms with E-state index in [0.29, 0.717) is 0 Å². The average molecular weight is 892 g/mol. The molecule has 8 rings (SSSR count). The summed E-state index contributed by atoms with van der Waals surface area (Å²) in [5.74, 6) is 0. The van der Waals surface area contributed by atoms with Crippen molar-refractivity contribution in [3.8, 4) is 33.4 Å². The van der Waals surface area contributed by atoms with E-state index in [1.807, 2.05) is 78.9 Å². The van der Waals surface area contributed by atoms with Crippen molar-refractivity contribution >= 4 is 26.4 Å². The van der Waals surface area contributed by atoms with E-state index in [1.165, 1.54) is 94.2 Å². The molecular weight excluding hydrogens is 846 g/mol. The van der Waals surface area contributed by atoms with E-state index in [9.17, 15) is 0 Å². The van der Waals surface area contributed by atoms with Crippen molar-refractivity contribution in [2.45, 2.75) is 58.8 Å². The second-order valence-electron chi connectivity index (χ2n) is 15.8. The minimum atomic E-state index is 0. The molecule has 0 saturated heterocycles. The molecule has 0 bridgehead atoms. The van der Waals surface area contributed by atoms with Gasteiger partial charge in [0.2, 0.25) is 0 Å². The van der Waals surface area contributed by atoms with Gasteiger partial charge in [-0.2, -0.15) is 18.2 Å². The van der Waals surface area contributed by atoms with Crippen LogP contribution in [0.2, 0.25) is 10.0 Å². The zero-order chi connectivity index (χ0) is 38.5. The smallest absolute Gasteiger partial charge is 0.172 e. The van der Waals surface area contributed by atoms with Crippen LogP contribution in [-0.4, -0.2) is 3.21 Å². The Hall–Kier alpha value is -3.42. The van der Waals surface area contributed by atoms with Crippen LogP contribution < -0.4 is 24.8 Å². The van der Waals surface area contributed by atoms with E-state index < -0.39 is 0 Å². The maximum atomic E-state index is 5.86. The zero-order valence-electron chi connectivity index (χ0n) is 32.7. The molecule has 1 aliphatic carbocycles.